The van der Waals surface area contributed by atoms with Crippen LogP contribution >= 0.6 is 23.4 Å². The molecule has 0 unspecified atom stereocenters. The fourth-order valence-corrected chi connectivity index (χ4v) is 4.91. The van der Waals surface area contributed by atoms with Crippen molar-refractivity contribution in [3.63, 3.8) is 0 Å². The molecule has 35 heavy (non-hydrogen) atoms. The minimum atomic E-state index is -0.562. The molecule has 0 saturated carbocycles. The molecule has 3 aromatic carbocycles. The van der Waals surface area contributed by atoms with Crippen LogP contribution in [0.5, 0.6) is 5.75 Å². The normalized spacial score (nSPS) is 11.9. The Labute approximate surface area is 211 Å². The average molecular weight is 513 g/mol. The van der Waals surface area contributed by atoms with Crippen molar-refractivity contribution in [2.24, 2.45) is 0 Å². The number of hydrogen-bond acceptors (Lipinski definition) is 6. The molecule has 180 valence electrons. The number of nitrogens with zero attached hydrogens (tertiary/aromatic N) is 4. The minimum absolute atomic E-state index is 0.142. The highest BCUT2D eigenvalue weighted by atomic mass is 35.5. The number of aryl methyl sites for hydroxylation is 2. The van der Waals surface area contributed by atoms with Gasteiger partial charge in [-0.15, -0.1) is 10.2 Å². The van der Waals surface area contributed by atoms with Gasteiger partial charge in [0.2, 0.25) is 6.54 Å². The van der Waals surface area contributed by atoms with Crippen LogP contribution in [0.2, 0.25) is 5.02 Å². The Bertz CT molecular complexity index is 1350. The highest BCUT2D eigenvalue weighted by Crippen LogP contribution is 2.38. The van der Waals surface area contributed by atoms with Crippen LogP contribution in [0.15, 0.2) is 71.9 Å². The van der Waals surface area contributed by atoms with E-state index in [1.807, 2.05) is 42.7 Å². The number of benzene rings is 3. The molecule has 0 aliphatic carbocycles. The highest BCUT2D eigenvalue weighted by molar-refractivity contribution is 7.99. The van der Waals surface area contributed by atoms with E-state index < -0.39 is 5.25 Å². The first kappa shape index (κ1) is 24.7. The van der Waals surface area contributed by atoms with E-state index in [0.717, 1.165) is 11.3 Å². The van der Waals surface area contributed by atoms with Crippen molar-refractivity contribution < 1.29 is 14.1 Å². The Balaban J connectivity index is 1.57. The average Bonchev–Trinajstić information content (AvgIpc) is 3.18. The summed E-state index contributed by atoms with van der Waals surface area (Å²) in [5, 5.41) is 20.2. The molecule has 0 radical (unpaired) electrons. The molecule has 0 spiro atoms. The predicted molar refractivity (Wildman–Crippen MR) is 133 cm³/mol. The summed E-state index contributed by atoms with van der Waals surface area (Å²) in [4.78, 5) is 11.1. The number of thioether (sulfide) groups is 1. The second-order valence-electron chi connectivity index (χ2n) is 7.93. The molecule has 0 fully saturated rings. The van der Waals surface area contributed by atoms with Gasteiger partial charge in [-0.05, 0) is 61.4 Å². The van der Waals surface area contributed by atoms with Gasteiger partial charge < -0.3 is 4.74 Å². The van der Waals surface area contributed by atoms with E-state index in [1.165, 1.54) is 23.9 Å². The molecule has 0 amide bonds. The molecule has 0 N–H and O–H groups in total. The summed E-state index contributed by atoms with van der Waals surface area (Å²) >= 11 is 7.69. The smallest absolute Gasteiger partial charge is 0.220 e. The van der Waals surface area contributed by atoms with Crippen molar-refractivity contribution in [3.05, 3.63) is 110 Å². The first-order chi connectivity index (χ1) is 16.8. The van der Waals surface area contributed by atoms with Crippen LogP contribution in [0, 0.1) is 29.8 Å². The van der Waals surface area contributed by atoms with E-state index in [2.05, 4.69) is 10.2 Å². The van der Waals surface area contributed by atoms with Gasteiger partial charge in [-0.1, -0.05) is 59.3 Å². The van der Waals surface area contributed by atoms with Crippen LogP contribution in [-0.4, -0.2) is 26.2 Å². The van der Waals surface area contributed by atoms with Crippen molar-refractivity contribution >= 4 is 23.4 Å². The first-order valence-electron chi connectivity index (χ1n) is 10.7. The van der Waals surface area contributed by atoms with Crippen LogP contribution in [0.25, 0.3) is 5.69 Å². The standard InChI is InChI=1S/C25H22ClFN4O3S/c1-16-6-9-21(10-7-16)31-17(2)28-29-25(31)35-24(14-30(32)33)19-8-11-23(22(26)13-19)34-15-18-4-3-5-20(27)12-18/h3-13,24H,14-15H2,1-2H3/t24-/m0/s1. The van der Waals surface area contributed by atoms with E-state index in [4.69, 9.17) is 16.3 Å². The summed E-state index contributed by atoms with van der Waals surface area (Å²) in [6.07, 6.45) is 0. The van der Waals surface area contributed by atoms with Gasteiger partial charge in [-0.3, -0.25) is 14.7 Å². The fourth-order valence-electron chi connectivity index (χ4n) is 3.51. The Kier molecular flexibility index (Phi) is 7.67. The maximum Gasteiger partial charge on any atom is 0.220 e. The monoisotopic (exact) mass is 512 g/mol. The molecule has 4 aromatic rings. The lowest BCUT2D eigenvalue weighted by Crippen LogP contribution is -2.11. The maximum atomic E-state index is 13.4. The van der Waals surface area contributed by atoms with Crippen LogP contribution in [-0.2, 0) is 6.61 Å². The van der Waals surface area contributed by atoms with E-state index in [1.54, 1.807) is 30.3 Å². The largest absolute Gasteiger partial charge is 0.487 e. The fraction of sp³-hybridized carbons (Fsp3) is 0.200. The molecule has 1 aromatic heterocycles. The molecule has 0 bridgehead atoms. The predicted octanol–water partition coefficient (Wildman–Crippen LogP) is 6.37. The number of halogens is 2. The maximum absolute atomic E-state index is 13.4. The summed E-state index contributed by atoms with van der Waals surface area (Å²) in [6.45, 7) is 3.65. The van der Waals surface area contributed by atoms with Gasteiger partial charge in [0.1, 0.15) is 29.2 Å². The summed E-state index contributed by atoms with van der Waals surface area (Å²) in [5.74, 6) is 0.736. The third-order valence-corrected chi connectivity index (χ3v) is 6.74. The van der Waals surface area contributed by atoms with Crippen LogP contribution in [0.1, 0.15) is 27.8 Å². The number of aromatic nitrogens is 3. The molecule has 0 aliphatic rings. The zero-order chi connectivity index (χ0) is 24.9. The summed E-state index contributed by atoms with van der Waals surface area (Å²) in [7, 11) is 0. The van der Waals surface area contributed by atoms with Crippen molar-refractivity contribution in [2.75, 3.05) is 6.54 Å². The number of nitro groups is 1. The molecule has 1 atom stereocenters. The van der Waals surface area contributed by atoms with Gasteiger partial charge >= 0.3 is 0 Å². The number of rotatable bonds is 9. The van der Waals surface area contributed by atoms with Crippen molar-refractivity contribution in [2.45, 2.75) is 30.9 Å². The number of hydrogen-bond donors (Lipinski definition) is 0. The Morgan fingerprint density at radius 2 is 1.89 bits per heavy atom. The van der Waals surface area contributed by atoms with E-state index in [9.17, 15) is 14.5 Å². The Morgan fingerprint density at radius 3 is 2.57 bits per heavy atom. The zero-order valence-electron chi connectivity index (χ0n) is 19.0. The summed E-state index contributed by atoms with van der Waals surface area (Å²) in [5.41, 5.74) is 3.32. The number of ether oxygens (including phenoxy) is 1. The molecule has 0 aliphatic heterocycles. The lowest BCUT2D eigenvalue weighted by Gasteiger charge is -2.16. The summed E-state index contributed by atoms with van der Waals surface area (Å²) < 4.78 is 21.0. The second kappa shape index (κ2) is 10.9. The third kappa shape index (κ3) is 6.17. The topological polar surface area (TPSA) is 83.1 Å². The molecule has 0 saturated heterocycles. The molecule has 4 rings (SSSR count). The molecular formula is C25H22ClFN4O3S. The van der Waals surface area contributed by atoms with Gasteiger partial charge in [0, 0.05) is 10.6 Å². The van der Waals surface area contributed by atoms with Gasteiger partial charge in [0.15, 0.2) is 5.16 Å². The quantitative estimate of drug-likeness (QED) is 0.147. The van der Waals surface area contributed by atoms with Crippen LogP contribution < -0.4 is 4.74 Å². The molecule has 7 nitrogen and oxygen atoms in total. The van der Waals surface area contributed by atoms with Crippen molar-refractivity contribution in [1.29, 1.82) is 0 Å². The van der Waals surface area contributed by atoms with Crippen LogP contribution in [0.4, 0.5) is 4.39 Å². The van der Waals surface area contributed by atoms with E-state index in [-0.39, 0.29) is 23.9 Å². The lowest BCUT2D eigenvalue weighted by molar-refractivity contribution is -0.479. The molecule has 10 heteroatoms. The SMILES string of the molecule is Cc1ccc(-n2c(C)nnc2S[C@@H](C[N+](=O)[O-])c2ccc(OCc3cccc(F)c3)c(Cl)c2)cc1. The van der Waals surface area contributed by atoms with E-state index >= 15 is 0 Å². The highest BCUT2D eigenvalue weighted by Gasteiger charge is 2.24. The van der Waals surface area contributed by atoms with Gasteiger partial charge in [0.25, 0.3) is 0 Å². The van der Waals surface area contributed by atoms with Gasteiger partial charge in [0.05, 0.1) is 5.02 Å². The molecule has 1 heterocycles. The third-order valence-electron chi connectivity index (χ3n) is 5.26. The Morgan fingerprint density at radius 1 is 1.11 bits per heavy atom. The minimum Gasteiger partial charge on any atom is -0.487 e. The van der Waals surface area contributed by atoms with Crippen LogP contribution in [0.3, 0.4) is 0 Å². The van der Waals surface area contributed by atoms with Crippen molar-refractivity contribution in [3.8, 4) is 11.4 Å². The van der Waals surface area contributed by atoms with Gasteiger partial charge in [-0.25, -0.2) is 4.39 Å². The Hall–Kier alpha value is -3.43. The second-order valence-corrected chi connectivity index (χ2v) is 9.51. The first-order valence-corrected chi connectivity index (χ1v) is 12.0. The lowest BCUT2D eigenvalue weighted by atomic mass is 10.1. The van der Waals surface area contributed by atoms with Crippen molar-refractivity contribution in [1.82, 2.24) is 14.8 Å². The summed E-state index contributed by atoms with van der Waals surface area (Å²) in [6, 6.07) is 19.1. The molecular weight excluding hydrogens is 491 g/mol. The zero-order valence-corrected chi connectivity index (χ0v) is 20.6. The van der Waals surface area contributed by atoms with E-state index in [0.29, 0.717) is 32.9 Å². The van der Waals surface area contributed by atoms with Gasteiger partial charge in [-0.2, -0.15) is 0 Å².